The zero-order valence-corrected chi connectivity index (χ0v) is 43.0. The number of esters is 2. The Kier molecular flexibility index (Phi) is 22.7. The number of halogens is 4. The van der Waals surface area contributed by atoms with E-state index in [1.807, 2.05) is 68.5 Å². The van der Waals surface area contributed by atoms with Gasteiger partial charge in [0.1, 0.15) is 44.2 Å². The zero-order chi connectivity index (χ0) is 52.5. The molecule has 0 unspecified atom stereocenters. The third-order valence-electron chi connectivity index (χ3n) is 10.9. The first-order valence-corrected chi connectivity index (χ1v) is 23.9. The molecule has 0 bridgehead atoms. The predicted molar refractivity (Wildman–Crippen MR) is 262 cm³/mol. The van der Waals surface area contributed by atoms with Gasteiger partial charge in [0, 0.05) is 26.4 Å². The van der Waals surface area contributed by atoms with Crippen LogP contribution >= 0.6 is 46.4 Å². The molecule has 0 radical (unpaired) electrons. The summed E-state index contributed by atoms with van der Waals surface area (Å²) in [5.74, 6) is -5.18. The highest BCUT2D eigenvalue weighted by Gasteiger charge is 2.47. The fourth-order valence-electron chi connectivity index (χ4n) is 7.69. The number of amides is 5. The van der Waals surface area contributed by atoms with Gasteiger partial charge < -0.3 is 44.2 Å². The van der Waals surface area contributed by atoms with E-state index in [1.54, 1.807) is 12.2 Å². The summed E-state index contributed by atoms with van der Waals surface area (Å²) in [6.45, 7) is 3.61. The van der Waals surface area contributed by atoms with Gasteiger partial charge in [-0.15, -0.1) is 11.6 Å². The average Bonchev–Trinajstić information content (AvgIpc) is 3.65. The van der Waals surface area contributed by atoms with Crippen LogP contribution in [0.1, 0.15) is 64.0 Å². The number of ether oxygens (including phenoxy) is 6. The van der Waals surface area contributed by atoms with Crippen molar-refractivity contribution in [2.24, 2.45) is 5.92 Å². The van der Waals surface area contributed by atoms with Crippen LogP contribution in [0, 0.1) is 5.92 Å². The number of alkyl carbamates (subject to hydrolysis) is 1. The van der Waals surface area contributed by atoms with Crippen molar-refractivity contribution in [1.29, 1.82) is 0 Å². The minimum atomic E-state index is -2.04. The van der Waals surface area contributed by atoms with Crippen LogP contribution in [0.25, 0.3) is 11.1 Å². The van der Waals surface area contributed by atoms with Gasteiger partial charge >= 0.3 is 24.1 Å². The molecule has 2 aromatic rings. The second kappa shape index (κ2) is 27.6. The summed E-state index contributed by atoms with van der Waals surface area (Å²) in [5, 5.41) is 15.3. The molecular formula is C47H60Cl4N6O14. The van der Waals surface area contributed by atoms with Crippen LogP contribution in [0.15, 0.2) is 72.8 Å². The number of fused-ring (bicyclic) bond motifs is 3. The molecule has 1 aliphatic heterocycles. The van der Waals surface area contributed by atoms with E-state index in [0.29, 0.717) is 5.01 Å². The van der Waals surface area contributed by atoms with E-state index in [-0.39, 0.29) is 38.7 Å². The van der Waals surface area contributed by atoms with Crippen LogP contribution in [0.4, 0.5) is 9.59 Å². The third kappa shape index (κ3) is 17.2. The molecule has 2 aliphatic rings. The van der Waals surface area contributed by atoms with E-state index in [2.05, 4.69) is 21.5 Å². The third-order valence-corrected chi connectivity index (χ3v) is 11.6. The maximum absolute atomic E-state index is 15.3. The number of nitrogens with zero attached hydrogens (tertiary/aromatic N) is 2. The molecule has 1 fully saturated rings. The molecule has 5 amide bonds. The van der Waals surface area contributed by atoms with Gasteiger partial charge in [0.25, 0.3) is 11.8 Å². The van der Waals surface area contributed by atoms with Crippen LogP contribution in [-0.4, -0.2) is 150 Å². The van der Waals surface area contributed by atoms with Gasteiger partial charge in [0.05, 0.1) is 32.2 Å². The second-order valence-electron chi connectivity index (χ2n) is 17.0. The first-order valence-electron chi connectivity index (χ1n) is 22.4. The highest BCUT2D eigenvalue weighted by atomic mass is 35.6. The standard InChI is InChI=1S/C47H60Cl4N6O14/c1-28(2)14-8-7-9-19-37(53-44(64)70-26-47(49,50)51)41(61)57(55-45(65)69-24-36-34-17-12-10-15-32(34)33-16-11-13-18-35(33)36)39(20-30(48)23-58)42(62)56-38(21-31(22-52-56)71-29(3)59)40(60)54-46(4,43(63)67-6)25-68-27-66-5/h7-18,28,30-31,36-39,52,58H,19-27H2,1-6H3,(H,53,64)(H,54,60)(H,55,65)/b9-7+,14-8+/t30-,31-,37-,38-,39+,46-/m0/s1. The van der Waals surface area contributed by atoms with E-state index < -0.39 is 113 Å². The number of aliphatic hydroxyl groups is 1. The minimum absolute atomic E-state index is 0.155. The van der Waals surface area contributed by atoms with E-state index in [0.717, 1.165) is 41.3 Å². The van der Waals surface area contributed by atoms with Crippen molar-refractivity contribution in [3.8, 4) is 11.1 Å². The van der Waals surface area contributed by atoms with Crippen LogP contribution in [-0.2, 0) is 52.4 Å². The molecule has 0 spiro atoms. The molecule has 1 saturated heterocycles. The Hall–Kier alpha value is -5.19. The highest BCUT2D eigenvalue weighted by Crippen LogP contribution is 2.44. The molecular weight excluding hydrogens is 1010 g/mol. The molecule has 390 valence electrons. The summed E-state index contributed by atoms with van der Waals surface area (Å²) < 4.78 is 29.6. The number of allylic oxidation sites excluding steroid dienone is 3. The number of alkyl halides is 4. The lowest BCUT2D eigenvalue weighted by atomic mass is 9.98. The molecule has 0 saturated carbocycles. The van der Waals surface area contributed by atoms with Gasteiger partial charge in [-0.1, -0.05) is 121 Å². The lowest BCUT2D eigenvalue weighted by Crippen LogP contribution is -2.70. The summed E-state index contributed by atoms with van der Waals surface area (Å²) in [6, 6.07) is 9.92. The Morgan fingerprint density at radius 2 is 1.59 bits per heavy atom. The van der Waals surface area contributed by atoms with Gasteiger partial charge in [-0.3, -0.25) is 24.2 Å². The Morgan fingerprint density at radius 3 is 2.17 bits per heavy atom. The normalized spacial score (nSPS) is 17.8. The number of aliphatic hydroxyl groups excluding tert-OH is 1. The van der Waals surface area contributed by atoms with Crippen LogP contribution in [0.3, 0.4) is 0 Å². The molecule has 71 heavy (non-hydrogen) atoms. The Bertz CT molecular complexity index is 2200. The molecule has 0 aromatic heterocycles. The number of hydrogen-bond acceptors (Lipinski definition) is 15. The fraction of sp³-hybridized carbons (Fsp3) is 0.511. The number of rotatable bonds is 22. The van der Waals surface area contributed by atoms with Crippen molar-refractivity contribution in [1.82, 2.24) is 31.5 Å². The molecule has 6 atom stereocenters. The Balaban J connectivity index is 1.82. The molecule has 5 N–H and O–H groups in total. The second-order valence-corrected chi connectivity index (χ2v) is 20.1. The summed E-state index contributed by atoms with van der Waals surface area (Å²) in [4.78, 5) is 97.5. The number of hydrazine groups is 2. The first-order chi connectivity index (χ1) is 33.6. The van der Waals surface area contributed by atoms with Crippen LogP contribution < -0.4 is 21.5 Å². The van der Waals surface area contributed by atoms with E-state index in [9.17, 15) is 29.1 Å². The van der Waals surface area contributed by atoms with Gasteiger partial charge in [-0.25, -0.2) is 30.2 Å². The van der Waals surface area contributed by atoms with Crippen molar-refractivity contribution in [2.45, 2.75) is 91.8 Å². The monoisotopic (exact) mass is 1070 g/mol. The van der Waals surface area contributed by atoms with Gasteiger partial charge in [0.2, 0.25) is 9.70 Å². The summed E-state index contributed by atoms with van der Waals surface area (Å²) in [5.41, 5.74) is 6.89. The Morgan fingerprint density at radius 1 is 0.944 bits per heavy atom. The van der Waals surface area contributed by atoms with Gasteiger partial charge in [-0.05, 0) is 47.9 Å². The van der Waals surface area contributed by atoms with Gasteiger partial charge in [0.15, 0.2) is 5.54 Å². The molecule has 1 aliphatic carbocycles. The lowest BCUT2D eigenvalue weighted by Gasteiger charge is -2.43. The van der Waals surface area contributed by atoms with Crippen molar-refractivity contribution in [2.75, 3.05) is 54.0 Å². The molecule has 2 aromatic carbocycles. The summed E-state index contributed by atoms with van der Waals surface area (Å²) in [7, 11) is 2.43. The number of benzene rings is 2. The van der Waals surface area contributed by atoms with Crippen molar-refractivity contribution in [3.63, 3.8) is 0 Å². The van der Waals surface area contributed by atoms with Crippen molar-refractivity contribution >= 4 is 88.3 Å². The quantitative estimate of drug-likeness (QED) is 0.0199. The number of nitrogens with one attached hydrogen (secondary N) is 4. The van der Waals surface area contributed by atoms with Crippen LogP contribution in [0.5, 0.6) is 0 Å². The number of carbonyl (C=O) groups excluding carboxylic acids is 7. The molecule has 20 nitrogen and oxygen atoms in total. The largest absolute Gasteiger partial charge is 0.467 e. The smallest absolute Gasteiger partial charge is 0.426 e. The number of methoxy groups -OCH3 is 2. The maximum Gasteiger partial charge on any atom is 0.426 e. The number of carbonyl (C=O) groups is 7. The highest BCUT2D eigenvalue weighted by molar-refractivity contribution is 6.67. The van der Waals surface area contributed by atoms with Crippen LogP contribution in [0.2, 0.25) is 0 Å². The molecule has 24 heteroatoms. The summed E-state index contributed by atoms with van der Waals surface area (Å²) in [6.07, 6.45) is 1.95. The zero-order valence-electron chi connectivity index (χ0n) is 40.0. The average molecular weight is 1070 g/mol. The number of hydrogen-bond donors (Lipinski definition) is 5. The Labute approximate surface area is 431 Å². The molecule has 4 rings (SSSR count). The topological polar surface area (TPSA) is 250 Å². The fourth-order valence-corrected chi connectivity index (χ4v) is 8.03. The maximum atomic E-state index is 15.3. The first kappa shape index (κ1) is 58.4. The SMILES string of the molecule is COCOC[C@](C)(NC(=O)[C@@H]1C[C@H](OC(C)=O)CNN1C(=O)[C@@H](C[C@H](Cl)CO)N(NC(=O)OCC1c2ccccc2-c2ccccc21)C(=O)[C@H](C/C=C/C=C/C(C)C)NC(=O)OCC(Cl)(Cl)Cl)C(=O)OC. The van der Waals surface area contributed by atoms with Crippen molar-refractivity contribution < 1.29 is 67.1 Å². The van der Waals surface area contributed by atoms with Gasteiger partial charge in [-0.2, -0.15) is 0 Å². The minimum Gasteiger partial charge on any atom is -0.467 e. The van der Waals surface area contributed by atoms with E-state index >= 15 is 9.59 Å². The predicted octanol–water partition coefficient (Wildman–Crippen LogP) is 4.96. The van der Waals surface area contributed by atoms with Crippen molar-refractivity contribution in [3.05, 3.63) is 84.0 Å². The van der Waals surface area contributed by atoms with E-state index in [4.69, 9.17) is 74.8 Å². The molecule has 1 heterocycles. The lowest BCUT2D eigenvalue weighted by molar-refractivity contribution is -0.166. The van der Waals surface area contributed by atoms with E-state index in [1.165, 1.54) is 20.1 Å². The summed E-state index contributed by atoms with van der Waals surface area (Å²) >= 11 is 24.0.